The van der Waals surface area contributed by atoms with Gasteiger partial charge in [-0.1, -0.05) is 60.7 Å². The summed E-state index contributed by atoms with van der Waals surface area (Å²) in [4.78, 5) is 12.6. The van der Waals surface area contributed by atoms with Crippen LogP contribution in [0.3, 0.4) is 0 Å². The molecule has 0 fully saturated rings. The molecule has 134 valence electrons. The molecule has 0 aliphatic heterocycles. The molecule has 3 rings (SSSR count). The Bertz CT molecular complexity index is 748. The Morgan fingerprint density at radius 3 is 2.08 bits per heavy atom. The lowest BCUT2D eigenvalue weighted by Gasteiger charge is -2.19. The Balaban J connectivity index is 1.68. The smallest absolute Gasteiger partial charge is 0.221 e. The molecule has 0 saturated heterocycles. The van der Waals surface area contributed by atoms with Gasteiger partial charge in [0.05, 0.1) is 0 Å². The SMILES string of the molecule is COC(CNC(=O)CC(c1ccccc1)c1ccccc1)c1ccsc1. The summed E-state index contributed by atoms with van der Waals surface area (Å²) in [5.41, 5.74) is 3.39. The predicted molar refractivity (Wildman–Crippen MR) is 106 cm³/mol. The van der Waals surface area contributed by atoms with Crippen molar-refractivity contribution in [2.24, 2.45) is 0 Å². The fourth-order valence-electron chi connectivity index (χ4n) is 3.06. The van der Waals surface area contributed by atoms with Crippen LogP contribution in [0.15, 0.2) is 77.5 Å². The number of methoxy groups -OCH3 is 1. The first-order valence-corrected chi connectivity index (χ1v) is 9.63. The molecule has 1 N–H and O–H groups in total. The van der Waals surface area contributed by atoms with Crippen molar-refractivity contribution in [3.8, 4) is 0 Å². The molecule has 0 aliphatic carbocycles. The van der Waals surface area contributed by atoms with Crippen molar-refractivity contribution in [2.45, 2.75) is 18.4 Å². The zero-order valence-electron chi connectivity index (χ0n) is 14.8. The van der Waals surface area contributed by atoms with Crippen LogP contribution in [0.5, 0.6) is 0 Å². The summed E-state index contributed by atoms with van der Waals surface area (Å²) in [6.07, 6.45) is 0.297. The number of carbonyl (C=O) groups is 1. The Kier molecular flexibility index (Phi) is 6.58. The maximum atomic E-state index is 12.6. The average molecular weight is 365 g/mol. The molecular weight excluding hydrogens is 342 g/mol. The fraction of sp³-hybridized carbons (Fsp3) is 0.227. The summed E-state index contributed by atoms with van der Waals surface area (Å²) in [5.74, 6) is 0.0690. The second kappa shape index (κ2) is 9.32. The van der Waals surface area contributed by atoms with Crippen molar-refractivity contribution in [1.29, 1.82) is 0 Å². The van der Waals surface area contributed by atoms with Crippen molar-refractivity contribution in [2.75, 3.05) is 13.7 Å². The van der Waals surface area contributed by atoms with E-state index in [1.807, 2.05) is 47.8 Å². The van der Waals surface area contributed by atoms with Crippen LogP contribution in [-0.2, 0) is 9.53 Å². The molecule has 0 bridgehead atoms. The molecule has 26 heavy (non-hydrogen) atoms. The lowest BCUT2D eigenvalue weighted by molar-refractivity contribution is -0.121. The van der Waals surface area contributed by atoms with E-state index < -0.39 is 0 Å². The van der Waals surface area contributed by atoms with Gasteiger partial charge < -0.3 is 10.1 Å². The molecule has 1 aromatic heterocycles. The first-order valence-electron chi connectivity index (χ1n) is 8.69. The van der Waals surface area contributed by atoms with Crippen molar-refractivity contribution >= 4 is 17.2 Å². The summed E-state index contributed by atoms with van der Waals surface area (Å²) in [5, 5.41) is 7.10. The van der Waals surface area contributed by atoms with E-state index in [4.69, 9.17) is 4.74 Å². The lowest BCUT2D eigenvalue weighted by Crippen LogP contribution is -2.30. The highest BCUT2D eigenvalue weighted by atomic mass is 32.1. The molecule has 0 aliphatic rings. The molecule has 0 radical (unpaired) electrons. The van der Waals surface area contributed by atoms with Crippen LogP contribution < -0.4 is 5.32 Å². The Morgan fingerprint density at radius 2 is 1.58 bits per heavy atom. The molecule has 2 aromatic carbocycles. The largest absolute Gasteiger partial charge is 0.375 e. The minimum Gasteiger partial charge on any atom is -0.375 e. The summed E-state index contributed by atoms with van der Waals surface area (Å²) >= 11 is 1.63. The van der Waals surface area contributed by atoms with Crippen LogP contribution in [-0.4, -0.2) is 19.6 Å². The molecular formula is C22H23NO2S. The number of amides is 1. The van der Waals surface area contributed by atoms with E-state index in [9.17, 15) is 4.79 Å². The quantitative estimate of drug-likeness (QED) is 0.624. The second-order valence-electron chi connectivity index (χ2n) is 6.16. The Morgan fingerprint density at radius 1 is 0.962 bits per heavy atom. The van der Waals surface area contributed by atoms with Crippen LogP contribution in [0, 0.1) is 0 Å². The van der Waals surface area contributed by atoms with Crippen LogP contribution >= 0.6 is 11.3 Å². The molecule has 0 spiro atoms. The molecule has 0 saturated carbocycles. The number of hydrogen-bond donors (Lipinski definition) is 1. The first-order chi connectivity index (χ1) is 12.8. The van der Waals surface area contributed by atoms with Gasteiger partial charge in [0.15, 0.2) is 0 Å². The van der Waals surface area contributed by atoms with Gasteiger partial charge in [-0.05, 0) is 33.5 Å². The average Bonchev–Trinajstić information content (AvgIpc) is 3.22. The molecule has 4 heteroatoms. The number of thiophene rings is 1. The van der Waals surface area contributed by atoms with Crippen molar-refractivity contribution < 1.29 is 9.53 Å². The summed E-state index contributed by atoms with van der Waals surface area (Å²) in [6, 6.07) is 22.4. The standard InChI is InChI=1S/C22H23NO2S/c1-25-21(19-12-13-26-16-19)15-23-22(24)14-20(17-8-4-2-5-9-17)18-10-6-3-7-11-18/h2-13,16,20-21H,14-15H2,1H3,(H,23,24). The summed E-state index contributed by atoms with van der Waals surface area (Å²) < 4.78 is 5.51. The van der Waals surface area contributed by atoms with Gasteiger partial charge in [0.2, 0.25) is 5.91 Å². The minimum absolute atomic E-state index is 0.0278. The molecule has 1 heterocycles. The third-order valence-corrected chi connectivity index (χ3v) is 5.18. The van der Waals surface area contributed by atoms with E-state index in [2.05, 4.69) is 35.0 Å². The van der Waals surface area contributed by atoms with Crippen molar-refractivity contribution in [3.63, 3.8) is 0 Å². The van der Waals surface area contributed by atoms with Gasteiger partial charge in [0.25, 0.3) is 0 Å². The number of benzene rings is 2. The predicted octanol–water partition coefficient (Wildman–Crippen LogP) is 4.77. The van der Waals surface area contributed by atoms with Crippen molar-refractivity contribution in [3.05, 3.63) is 94.2 Å². The maximum absolute atomic E-state index is 12.6. The van der Waals surface area contributed by atoms with Gasteiger partial charge in [-0.2, -0.15) is 11.3 Å². The monoisotopic (exact) mass is 365 g/mol. The van der Waals surface area contributed by atoms with Gasteiger partial charge in [0, 0.05) is 26.0 Å². The third-order valence-electron chi connectivity index (χ3n) is 4.48. The van der Waals surface area contributed by atoms with Crippen LogP contribution in [0.2, 0.25) is 0 Å². The van der Waals surface area contributed by atoms with Gasteiger partial charge in [0.1, 0.15) is 6.10 Å². The number of rotatable bonds is 8. The Labute approximate surface area is 158 Å². The van der Waals surface area contributed by atoms with E-state index >= 15 is 0 Å². The highest BCUT2D eigenvalue weighted by Gasteiger charge is 2.19. The number of nitrogens with one attached hydrogen (secondary N) is 1. The van der Waals surface area contributed by atoms with E-state index in [-0.39, 0.29) is 17.9 Å². The highest BCUT2D eigenvalue weighted by Crippen LogP contribution is 2.28. The third kappa shape index (κ3) is 4.81. The fourth-order valence-corrected chi connectivity index (χ4v) is 3.76. The molecule has 3 nitrogen and oxygen atoms in total. The van der Waals surface area contributed by atoms with Crippen LogP contribution in [0.25, 0.3) is 0 Å². The summed E-state index contributed by atoms with van der Waals surface area (Å²) in [7, 11) is 1.67. The van der Waals surface area contributed by atoms with E-state index in [1.165, 1.54) is 0 Å². The first kappa shape index (κ1) is 18.4. The minimum atomic E-state index is -0.114. The lowest BCUT2D eigenvalue weighted by atomic mass is 9.88. The van der Waals surface area contributed by atoms with Gasteiger partial charge in [-0.3, -0.25) is 4.79 Å². The van der Waals surface area contributed by atoms with Crippen LogP contribution in [0.4, 0.5) is 0 Å². The van der Waals surface area contributed by atoms with Crippen LogP contribution in [0.1, 0.15) is 35.1 Å². The molecule has 1 amide bonds. The van der Waals surface area contributed by atoms with E-state index in [0.29, 0.717) is 13.0 Å². The zero-order valence-corrected chi connectivity index (χ0v) is 15.6. The second-order valence-corrected chi connectivity index (χ2v) is 6.94. The normalized spacial score (nSPS) is 12.1. The van der Waals surface area contributed by atoms with E-state index in [0.717, 1.165) is 16.7 Å². The van der Waals surface area contributed by atoms with Crippen molar-refractivity contribution in [1.82, 2.24) is 5.32 Å². The molecule has 1 atom stereocenters. The highest BCUT2D eigenvalue weighted by molar-refractivity contribution is 7.07. The number of carbonyl (C=O) groups excluding carboxylic acids is 1. The molecule has 1 unspecified atom stereocenters. The number of hydrogen-bond acceptors (Lipinski definition) is 3. The van der Waals surface area contributed by atoms with Gasteiger partial charge in [-0.25, -0.2) is 0 Å². The molecule has 3 aromatic rings. The topological polar surface area (TPSA) is 38.3 Å². The zero-order chi connectivity index (χ0) is 18.2. The maximum Gasteiger partial charge on any atom is 0.221 e. The Hall–Kier alpha value is -2.43. The van der Waals surface area contributed by atoms with E-state index in [1.54, 1.807) is 18.4 Å². The number of ether oxygens (including phenoxy) is 1. The van der Waals surface area contributed by atoms with Gasteiger partial charge in [-0.15, -0.1) is 0 Å². The van der Waals surface area contributed by atoms with Gasteiger partial charge >= 0.3 is 0 Å². The summed E-state index contributed by atoms with van der Waals surface area (Å²) in [6.45, 7) is 0.475.